The van der Waals surface area contributed by atoms with Crippen molar-refractivity contribution in [2.75, 3.05) is 27.2 Å². The summed E-state index contributed by atoms with van der Waals surface area (Å²) < 4.78 is 5.16. The average molecular weight is 244 g/mol. The molecule has 5 nitrogen and oxygen atoms in total. The van der Waals surface area contributed by atoms with E-state index >= 15 is 0 Å². The van der Waals surface area contributed by atoms with Gasteiger partial charge in [-0.25, -0.2) is 0 Å². The van der Waals surface area contributed by atoms with Crippen molar-refractivity contribution < 1.29 is 14.3 Å². The number of nitrogens with zero attached hydrogens (tertiary/aromatic N) is 1. The molecule has 0 saturated heterocycles. The molecule has 100 valence electrons. The second kappa shape index (κ2) is 7.27. The summed E-state index contributed by atoms with van der Waals surface area (Å²) in [6.07, 6.45) is 0.681. The first-order chi connectivity index (χ1) is 7.76. The van der Waals surface area contributed by atoms with Gasteiger partial charge in [-0.15, -0.1) is 0 Å². The number of nitrogens with one attached hydrogen (secondary N) is 1. The molecule has 0 aliphatic heterocycles. The van der Waals surface area contributed by atoms with Crippen LogP contribution in [0.4, 0.5) is 0 Å². The number of hydrogen-bond acceptors (Lipinski definition) is 4. The van der Waals surface area contributed by atoms with Gasteiger partial charge in [0.05, 0.1) is 6.42 Å². The zero-order valence-corrected chi connectivity index (χ0v) is 11.5. The molecule has 1 amide bonds. The van der Waals surface area contributed by atoms with Crippen LogP contribution in [0.5, 0.6) is 0 Å². The van der Waals surface area contributed by atoms with Crippen molar-refractivity contribution >= 4 is 11.9 Å². The van der Waals surface area contributed by atoms with Crippen LogP contribution in [0.15, 0.2) is 0 Å². The molecule has 0 aromatic rings. The summed E-state index contributed by atoms with van der Waals surface area (Å²) in [7, 11) is 3.50. The van der Waals surface area contributed by atoms with Crippen LogP contribution in [0, 0.1) is 0 Å². The van der Waals surface area contributed by atoms with Crippen molar-refractivity contribution in [1.29, 1.82) is 0 Å². The van der Waals surface area contributed by atoms with E-state index in [9.17, 15) is 9.59 Å². The maximum Gasteiger partial charge on any atom is 0.308 e. The Balaban J connectivity index is 3.87. The molecule has 0 aliphatic carbocycles. The van der Waals surface area contributed by atoms with Gasteiger partial charge in [-0.3, -0.25) is 9.59 Å². The van der Waals surface area contributed by atoms with Gasteiger partial charge >= 0.3 is 5.97 Å². The van der Waals surface area contributed by atoms with E-state index in [-0.39, 0.29) is 18.3 Å². The van der Waals surface area contributed by atoms with Gasteiger partial charge in [0.1, 0.15) is 5.60 Å². The van der Waals surface area contributed by atoms with Crippen LogP contribution in [0.3, 0.4) is 0 Å². The molecular weight excluding hydrogens is 220 g/mol. The number of esters is 1. The van der Waals surface area contributed by atoms with Crippen LogP contribution in [0.2, 0.25) is 0 Å². The van der Waals surface area contributed by atoms with Gasteiger partial charge in [0.15, 0.2) is 0 Å². The molecule has 0 saturated carbocycles. The molecule has 0 heterocycles. The minimum absolute atomic E-state index is 0.0305. The number of amides is 1. The maximum absolute atomic E-state index is 11.5. The van der Waals surface area contributed by atoms with E-state index < -0.39 is 5.60 Å². The van der Waals surface area contributed by atoms with E-state index in [1.807, 2.05) is 20.8 Å². The van der Waals surface area contributed by atoms with Gasteiger partial charge in [0, 0.05) is 26.6 Å². The summed E-state index contributed by atoms with van der Waals surface area (Å²) in [5, 5.41) is 2.91. The molecule has 0 fully saturated rings. The lowest BCUT2D eigenvalue weighted by atomic mass is 10.2. The SMILES string of the molecule is CNCCC(=O)N(C)CCC(=O)OC(C)(C)C. The fraction of sp³-hybridized carbons (Fsp3) is 0.833. The van der Waals surface area contributed by atoms with Gasteiger partial charge < -0.3 is 15.0 Å². The first-order valence-electron chi connectivity index (χ1n) is 5.86. The van der Waals surface area contributed by atoms with Gasteiger partial charge in [0.25, 0.3) is 0 Å². The van der Waals surface area contributed by atoms with Crippen LogP contribution in [0.1, 0.15) is 33.6 Å². The molecular formula is C12H24N2O3. The van der Waals surface area contributed by atoms with Gasteiger partial charge in [-0.1, -0.05) is 0 Å². The van der Waals surface area contributed by atoms with E-state index in [1.165, 1.54) is 0 Å². The summed E-state index contributed by atoms with van der Waals surface area (Å²) in [6, 6.07) is 0. The Morgan fingerprint density at radius 2 is 1.82 bits per heavy atom. The van der Waals surface area contributed by atoms with Crippen LogP contribution in [0.25, 0.3) is 0 Å². The third-order valence-corrected chi connectivity index (χ3v) is 2.09. The zero-order chi connectivity index (χ0) is 13.5. The minimum atomic E-state index is -0.466. The Morgan fingerprint density at radius 3 is 2.29 bits per heavy atom. The Bertz CT molecular complexity index is 259. The molecule has 0 aliphatic rings. The van der Waals surface area contributed by atoms with Crippen molar-refractivity contribution in [2.24, 2.45) is 0 Å². The maximum atomic E-state index is 11.5. The summed E-state index contributed by atoms with van der Waals surface area (Å²) in [6.45, 7) is 6.53. The topological polar surface area (TPSA) is 58.6 Å². The van der Waals surface area contributed by atoms with Crippen LogP contribution in [-0.4, -0.2) is 49.6 Å². The third-order valence-electron chi connectivity index (χ3n) is 2.09. The van der Waals surface area contributed by atoms with Crippen LogP contribution >= 0.6 is 0 Å². The standard InChI is InChI=1S/C12H24N2O3/c1-12(2,3)17-11(16)7-9-14(5)10(15)6-8-13-4/h13H,6-9H2,1-5H3. The molecule has 0 radical (unpaired) electrons. The normalized spacial score (nSPS) is 11.1. The predicted molar refractivity (Wildman–Crippen MR) is 66.6 cm³/mol. The molecule has 0 aromatic heterocycles. The second-order valence-electron chi connectivity index (χ2n) is 5.01. The van der Waals surface area contributed by atoms with Gasteiger partial charge in [-0.2, -0.15) is 0 Å². The first-order valence-corrected chi connectivity index (χ1v) is 5.86. The Hall–Kier alpha value is -1.10. The predicted octanol–water partition coefficient (Wildman–Crippen LogP) is 0.786. The highest BCUT2D eigenvalue weighted by Crippen LogP contribution is 2.08. The molecule has 0 bridgehead atoms. The van der Waals surface area contributed by atoms with Crippen molar-refractivity contribution in [3.05, 3.63) is 0 Å². The highest BCUT2D eigenvalue weighted by molar-refractivity contribution is 5.77. The van der Waals surface area contributed by atoms with E-state index in [4.69, 9.17) is 4.74 Å². The molecule has 0 atom stereocenters. The second-order valence-corrected chi connectivity index (χ2v) is 5.01. The van der Waals surface area contributed by atoms with Crippen LogP contribution in [-0.2, 0) is 14.3 Å². The molecule has 17 heavy (non-hydrogen) atoms. The third kappa shape index (κ3) is 8.68. The quantitative estimate of drug-likeness (QED) is 0.702. The van der Waals surface area contributed by atoms with Crippen molar-refractivity contribution in [1.82, 2.24) is 10.2 Å². The number of rotatable bonds is 6. The molecule has 1 N–H and O–H groups in total. The number of carbonyl (C=O) groups is 2. The van der Waals surface area contributed by atoms with E-state index in [1.54, 1.807) is 19.0 Å². The largest absolute Gasteiger partial charge is 0.460 e. The first kappa shape index (κ1) is 15.9. The Labute approximate surface area is 103 Å². The number of ether oxygens (including phenoxy) is 1. The fourth-order valence-electron chi connectivity index (χ4n) is 1.20. The van der Waals surface area contributed by atoms with Crippen molar-refractivity contribution in [3.8, 4) is 0 Å². The molecule has 0 spiro atoms. The smallest absolute Gasteiger partial charge is 0.308 e. The van der Waals surface area contributed by atoms with Gasteiger partial charge in [-0.05, 0) is 27.8 Å². The summed E-state index contributed by atoms with van der Waals surface area (Å²) in [5.41, 5.74) is -0.466. The van der Waals surface area contributed by atoms with E-state index in [0.29, 0.717) is 19.5 Å². The molecule has 0 aromatic carbocycles. The summed E-state index contributed by atoms with van der Waals surface area (Å²) >= 11 is 0. The van der Waals surface area contributed by atoms with E-state index in [0.717, 1.165) is 0 Å². The summed E-state index contributed by atoms with van der Waals surface area (Å²) in [4.78, 5) is 24.5. The number of hydrogen-bond donors (Lipinski definition) is 1. The van der Waals surface area contributed by atoms with E-state index in [2.05, 4.69) is 5.32 Å². The molecule has 0 unspecified atom stereocenters. The minimum Gasteiger partial charge on any atom is -0.460 e. The molecule has 5 heteroatoms. The Morgan fingerprint density at radius 1 is 1.24 bits per heavy atom. The van der Waals surface area contributed by atoms with Crippen LogP contribution < -0.4 is 5.32 Å². The average Bonchev–Trinajstić information content (AvgIpc) is 2.20. The zero-order valence-electron chi connectivity index (χ0n) is 11.5. The highest BCUT2D eigenvalue weighted by Gasteiger charge is 2.17. The molecule has 0 rings (SSSR count). The lowest BCUT2D eigenvalue weighted by Gasteiger charge is -2.21. The monoisotopic (exact) mass is 244 g/mol. The van der Waals surface area contributed by atoms with Crippen molar-refractivity contribution in [2.45, 2.75) is 39.2 Å². The highest BCUT2D eigenvalue weighted by atomic mass is 16.6. The Kier molecular flexibility index (Phi) is 6.80. The van der Waals surface area contributed by atoms with Gasteiger partial charge in [0.2, 0.25) is 5.91 Å². The number of carbonyl (C=O) groups excluding carboxylic acids is 2. The van der Waals surface area contributed by atoms with Crippen molar-refractivity contribution in [3.63, 3.8) is 0 Å². The fourth-order valence-corrected chi connectivity index (χ4v) is 1.20. The lowest BCUT2D eigenvalue weighted by molar-refractivity contribution is -0.155. The summed E-state index contributed by atoms with van der Waals surface area (Å²) in [5.74, 6) is -0.242. The lowest BCUT2D eigenvalue weighted by Crippen LogP contribution is -2.32.